The van der Waals surface area contributed by atoms with Gasteiger partial charge in [-0.05, 0) is 23.6 Å². The maximum atomic E-state index is 6.24. The topological polar surface area (TPSA) is 68.2 Å². The third-order valence-electron chi connectivity index (χ3n) is 2.48. The van der Waals surface area contributed by atoms with Gasteiger partial charge in [-0.25, -0.2) is 9.67 Å². The monoisotopic (exact) mass is 245 g/mol. The third kappa shape index (κ3) is 1.77. The lowest BCUT2D eigenvalue weighted by atomic mass is 10.2. The highest BCUT2D eigenvalue weighted by molar-refractivity contribution is 7.10. The summed E-state index contributed by atoms with van der Waals surface area (Å²) in [5, 5.41) is 9.32. The van der Waals surface area contributed by atoms with Crippen LogP contribution in [0.4, 0.5) is 0 Å². The first-order chi connectivity index (χ1) is 8.28. The van der Waals surface area contributed by atoms with Crippen LogP contribution in [-0.4, -0.2) is 16.0 Å². The van der Waals surface area contributed by atoms with E-state index in [4.69, 9.17) is 5.73 Å². The van der Waals surface area contributed by atoms with E-state index in [1.165, 1.54) is 0 Å². The Bertz CT molecular complexity index is 555. The van der Waals surface area contributed by atoms with Crippen molar-refractivity contribution in [1.82, 2.24) is 15.1 Å². The second-order valence-corrected chi connectivity index (χ2v) is 4.60. The summed E-state index contributed by atoms with van der Waals surface area (Å²) >= 11 is 1.57. The first-order valence-corrected chi connectivity index (χ1v) is 6.02. The Labute approximate surface area is 102 Å². The van der Waals surface area contributed by atoms with Gasteiger partial charge in [-0.3, -0.25) is 5.73 Å². The van der Waals surface area contributed by atoms with E-state index in [0.29, 0.717) is 0 Å². The molecule has 3 N–H and O–H groups in total. The minimum atomic E-state index is -0.899. The molecule has 17 heavy (non-hydrogen) atoms. The normalized spacial score (nSPS) is 23.2. The molecule has 0 aromatic carbocycles. The first kappa shape index (κ1) is 10.2. The molecule has 0 spiro atoms. The van der Waals surface area contributed by atoms with E-state index in [2.05, 4.69) is 15.4 Å². The van der Waals surface area contributed by atoms with Crippen LogP contribution in [0.1, 0.15) is 4.88 Å². The molecular weight excluding hydrogens is 234 g/mol. The van der Waals surface area contributed by atoms with Crippen molar-refractivity contribution in [2.75, 3.05) is 0 Å². The van der Waals surface area contributed by atoms with Crippen LogP contribution in [0.25, 0.3) is 5.82 Å². The lowest BCUT2D eigenvalue weighted by molar-refractivity contribution is 0.419. The van der Waals surface area contributed by atoms with Gasteiger partial charge in [0.1, 0.15) is 5.82 Å². The van der Waals surface area contributed by atoms with Gasteiger partial charge in [-0.1, -0.05) is 6.07 Å². The molecule has 1 aliphatic rings. The largest absolute Gasteiger partial charge is 0.329 e. The average Bonchev–Trinajstić information content (AvgIpc) is 3.03. The number of nitrogens with two attached hydrogens (primary N) is 1. The van der Waals surface area contributed by atoms with E-state index in [9.17, 15) is 0 Å². The second-order valence-electron chi connectivity index (χ2n) is 3.65. The molecule has 1 atom stereocenters. The summed E-state index contributed by atoms with van der Waals surface area (Å²) in [6, 6.07) is 5.77. The van der Waals surface area contributed by atoms with Gasteiger partial charge < -0.3 is 5.32 Å². The Hall–Kier alpha value is -1.92. The van der Waals surface area contributed by atoms with Gasteiger partial charge >= 0.3 is 0 Å². The lowest BCUT2D eigenvalue weighted by Crippen LogP contribution is -2.49. The quantitative estimate of drug-likeness (QED) is 0.835. The van der Waals surface area contributed by atoms with Crippen molar-refractivity contribution >= 4 is 23.4 Å². The van der Waals surface area contributed by atoms with Crippen LogP contribution in [0, 0.1) is 0 Å². The van der Waals surface area contributed by atoms with E-state index < -0.39 is 5.79 Å². The zero-order valence-corrected chi connectivity index (χ0v) is 9.76. The van der Waals surface area contributed by atoms with Crippen molar-refractivity contribution in [3.63, 3.8) is 0 Å². The first-order valence-electron chi connectivity index (χ1n) is 5.14. The Balaban J connectivity index is 1.94. The van der Waals surface area contributed by atoms with Gasteiger partial charge in [-0.2, -0.15) is 5.10 Å². The van der Waals surface area contributed by atoms with E-state index in [1.807, 2.05) is 35.9 Å². The van der Waals surface area contributed by atoms with Gasteiger partial charge in [0, 0.05) is 18.6 Å². The molecule has 2 aromatic rings. The molecular formula is C11H11N5S. The highest BCUT2D eigenvalue weighted by Gasteiger charge is 2.29. The average molecular weight is 245 g/mol. The number of hydrogen-bond acceptors (Lipinski definition) is 5. The van der Waals surface area contributed by atoms with Crippen LogP contribution in [0.15, 0.2) is 47.0 Å². The Morgan fingerprint density at radius 1 is 1.41 bits per heavy atom. The maximum Gasteiger partial charge on any atom is 0.219 e. The standard InChI is InChI=1S/C11H11N5S/c12-11(9-3-1-8-17-9)13-6-4-10(15-11)16-7-2-5-14-16/h1-8,15H,12H2. The number of rotatable bonds is 2. The number of hydrogen-bond donors (Lipinski definition) is 2. The number of nitrogens with zero attached hydrogens (tertiary/aromatic N) is 3. The molecule has 3 rings (SSSR count). The minimum absolute atomic E-state index is 0.806. The molecule has 86 valence electrons. The SMILES string of the molecule is NC1(c2cccs2)N=CC=C(n2cccn2)N1. The fraction of sp³-hybridized carbons (Fsp3) is 0.0909. The van der Waals surface area contributed by atoms with Crippen LogP contribution >= 0.6 is 11.3 Å². The molecule has 0 fully saturated rings. The highest BCUT2D eigenvalue weighted by atomic mass is 32.1. The zero-order valence-electron chi connectivity index (χ0n) is 8.95. The van der Waals surface area contributed by atoms with Gasteiger partial charge in [-0.15, -0.1) is 11.3 Å². The number of aromatic nitrogens is 2. The van der Waals surface area contributed by atoms with Gasteiger partial charge in [0.25, 0.3) is 0 Å². The van der Waals surface area contributed by atoms with Crippen LogP contribution < -0.4 is 11.1 Å². The molecule has 1 unspecified atom stereocenters. The predicted octanol–water partition coefficient (Wildman–Crippen LogP) is 1.19. The molecule has 3 heterocycles. The predicted molar refractivity (Wildman–Crippen MR) is 68.3 cm³/mol. The smallest absolute Gasteiger partial charge is 0.219 e. The molecule has 0 saturated heterocycles. The maximum absolute atomic E-state index is 6.24. The van der Waals surface area contributed by atoms with E-state index in [1.54, 1.807) is 28.4 Å². The molecule has 0 bridgehead atoms. The number of thiophene rings is 1. The number of aliphatic imine (C=N–C) groups is 1. The Kier molecular flexibility index (Phi) is 2.31. The Morgan fingerprint density at radius 3 is 3.06 bits per heavy atom. The summed E-state index contributed by atoms with van der Waals surface area (Å²) in [7, 11) is 0. The second kappa shape index (κ2) is 3.83. The third-order valence-corrected chi connectivity index (χ3v) is 3.47. The zero-order chi connectivity index (χ0) is 11.7. The molecule has 0 amide bonds. The molecule has 0 aliphatic carbocycles. The van der Waals surface area contributed by atoms with Gasteiger partial charge in [0.2, 0.25) is 5.79 Å². The van der Waals surface area contributed by atoms with E-state index in [0.717, 1.165) is 10.7 Å². The fourth-order valence-electron chi connectivity index (χ4n) is 1.66. The van der Waals surface area contributed by atoms with Crippen molar-refractivity contribution < 1.29 is 0 Å². The summed E-state index contributed by atoms with van der Waals surface area (Å²) in [5.74, 6) is -0.0922. The molecule has 2 aromatic heterocycles. The summed E-state index contributed by atoms with van der Waals surface area (Å²) < 4.78 is 1.72. The molecule has 0 radical (unpaired) electrons. The van der Waals surface area contributed by atoms with Crippen LogP contribution in [0.5, 0.6) is 0 Å². The summed E-state index contributed by atoms with van der Waals surface area (Å²) in [4.78, 5) is 5.26. The number of allylic oxidation sites excluding steroid dienone is 1. The summed E-state index contributed by atoms with van der Waals surface area (Å²) in [6.07, 6.45) is 7.11. The number of nitrogens with one attached hydrogen (secondary N) is 1. The highest BCUT2D eigenvalue weighted by Crippen LogP contribution is 2.25. The van der Waals surface area contributed by atoms with Crippen molar-refractivity contribution in [3.05, 3.63) is 46.9 Å². The van der Waals surface area contributed by atoms with E-state index >= 15 is 0 Å². The van der Waals surface area contributed by atoms with Crippen LogP contribution in [0.3, 0.4) is 0 Å². The summed E-state index contributed by atoms with van der Waals surface area (Å²) in [5.41, 5.74) is 6.24. The van der Waals surface area contributed by atoms with Gasteiger partial charge in [0.05, 0.1) is 4.88 Å². The summed E-state index contributed by atoms with van der Waals surface area (Å²) in [6.45, 7) is 0. The van der Waals surface area contributed by atoms with Crippen LogP contribution in [0.2, 0.25) is 0 Å². The molecule has 6 heteroatoms. The van der Waals surface area contributed by atoms with Crippen molar-refractivity contribution in [1.29, 1.82) is 0 Å². The van der Waals surface area contributed by atoms with Crippen LogP contribution in [-0.2, 0) is 5.79 Å². The van der Waals surface area contributed by atoms with Gasteiger partial charge in [0.15, 0.2) is 0 Å². The van der Waals surface area contributed by atoms with Crippen molar-refractivity contribution in [2.45, 2.75) is 5.79 Å². The molecule has 5 nitrogen and oxygen atoms in total. The molecule has 1 aliphatic heterocycles. The Morgan fingerprint density at radius 2 is 2.35 bits per heavy atom. The lowest BCUT2D eigenvalue weighted by Gasteiger charge is -2.29. The van der Waals surface area contributed by atoms with Crippen molar-refractivity contribution in [3.8, 4) is 0 Å². The van der Waals surface area contributed by atoms with Crippen molar-refractivity contribution in [2.24, 2.45) is 10.7 Å². The fourth-order valence-corrected chi connectivity index (χ4v) is 2.40. The van der Waals surface area contributed by atoms with E-state index in [-0.39, 0.29) is 0 Å². The molecule has 0 saturated carbocycles. The minimum Gasteiger partial charge on any atom is -0.329 e.